The van der Waals surface area contributed by atoms with Gasteiger partial charge in [-0.15, -0.1) is 11.3 Å². The molecular formula is C22H22N4O3S. The minimum absolute atomic E-state index is 0.289. The monoisotopic (exact) mass is 422 g/mol. The number of nitrogens with one attached hydrogen (secondary N) is 1. The molecule has 0 radical (unpaired) electrons. The van der Waals surface area contributed by atoms with E-state index in [0.717, 1.165) is 16.3 Å². The van der Waals surface area contributed by atoms with Gasteiger partial charge >= 0.3 is 0 Å². The Morgan fingerprint density at radius 2 is 2.03 bits per heavy atom. The van der Waals surface area contributed by atoms with E-state index in [2.05, 4.69) is 21.4 Å². The summed E-state index contributed by atoms with van der Waals surface area (Å²) in [5, 5.41) is 12.2. The second kappa shape index (κ2) is 10.4. The predicted molar refractivity (Wildman–Crippen MR) is 116 cm³/mol. The summed E-state index contributed by atoms with van der Waals surface area (Å²) < 4.78 is 11.1. The summed E-state index contributed by atoms with van der Waals surface area (Å²) in [6.45, 7) is 4.73. The second-order valence-corrected chi connectivity index (χ2v) is 7.30. The van der Waals surface area contributed by atoms with Gasteiger partial charge in [-0.05, 0) is 56.7 Å². The molecule has 0 unspecified atom stereocenters. The summed E-state index contributed by atoms with van der Waals surface area (Å²) in [7, 11) is 0. The number of hydrogen-bond donors (Lipinski definition) is 1. The normalized spacial score (nSPS) is 10.3. The number of pyridine rings is 1. The summed E-state index contributed by atoms with van der Waals surface area (Å²) in [6.07, 6.45) is 2.61. The maximum absolute atomic E-state index is 12.8. The van der Waals surface area contributed by atoms with E-state index in [9.17, 15) is 4.79 Å². The van der Waals surface area contributed by atoms with Crippen LogP contribution in [0.1, 0.15) is 35.1 Å². The number of rotatable bonds is 9. The first kappa shape index (κ1) is 21.3. The molecule has 0 bridgehead atoms. The van der Waals surface area contributed by atoms with Crippen LogP contribution in [0.2, 0.25) is 0 Å². The average molecular weight is 423 g/mol. The molecule has 0 saturated heterocycles. The first-order valence-corrected chi connectivity index (χ1v) is 10.4. The number of aromatic nitrogens is 2. The summed E-state index contributed by atoms with van der Waals surface area (Å²) >= 11 is 1.32. The van der Waals surface area contributed by atoms with Crippen molar-refractivity contribution in [2.45, 2.75) is 26.7 Å². The molecule has 0 aliphatic carbocycles. The van der Waals surface area contributed by atoms with E-state index in [1.54, 1.807) is 25.3 Å². The Balaban J connectivity index is 1.73. The molecule has 0 fully saturated rings. The van der Waals surface area contributed by atoms with Gasteiger partial charge in [0.2, 0.25) is 0 Å². The third kappa shape index (κ3) is 5.33. The summed E-state index contributed by atoms with van der Waals surface area (Å²) in [6, 6.07) is 13.2. The van der Waals surface area contributed by atoms with Crippen molar-refractivity contribution in [1.82, 2.24) is 9.97 Å². The van der Waals surface area contributed by atoms with Crippen molar-refractivity contribution in [3.8, 4) is 28.1 Å². The van der Waals surface area contributed by atoms with E-state index in [1.807, 2.05) is 31.2 Å². The van der Waals surface area contributed by atoms with Crippen LogP contribution in [0.4, 0.5) is 5.82 Å². The van der Waals surface area contributed by atoms with Crippen molar-refractivity contribution in [3.63, 3.8) is 0 Å². The molecule has 1 N–H and O–H groups in total. The molecule has 3 aromatic rings. The Morgan fingerprint density at radius 1 is 1.23 bits per heavy atom. The van der Waals surface area contributed by atoms with E-state index in [1.165, 1.54) is 11.3 Å². The van der Waals surface area contributed by atoms with E-state index in [-0.39, 0.29) is 5.91 Å². The molecule has 0 spiro atoms. The Hall–Kier alpha value is -3.44. The maximum atomic E-state index is 12.8. The molecule has 1 aromatic carbocycles. The molecule has 0 aliphatic heterocycles. The number of amides is 1. The van der Waals surface area contributed by atoms with Crippen LogP contribution in [-0.4, -0.2) is 29.1 Å². The topological polar surface area (TPSA) is 97.1 Å². The number of thiazole rings is 1. The SMILES string of the molecule is CCOc1ccc(-c2nc(C)c(C(=O)Nc3ncccc3OCCCC#N)s2)cc1. The lowest BCUT2D eigenvalue weighted by atomic mass is 10.2. The number of ether oxygens (including phenoxy) is 2. The van der Waals surface area contributed by atoms with Crippen LogP contribution in [0.15, 0.2) is 42.6 Å². The highest BCUT2D eigenvalue weighted by molar-refractivity contribution is 7.17. The van der Waals surface area contributed by atoms with E-state index in [4.69, 9.17) is 14.7 Å². The van der Waals surface area contributed by atoms with Crippen molar-refractivity contribution in [3.05, 3.63) is 53.2 Å². The largest absolute Gasteiger partial charge is 0.494 e. The Morgan fingerprint density at radius 3 is 2.77 bits per heavy atom. The summed E-state index contributed by atoms with van der Waals surface area (Å²) in [4.78, 5) is 22.1. The molecule has 30 heavy (non-hydrogen) atoms. The van der Waals surface area contributed by atoms with Crippen LogP contribution in [0, 0.1) is 18.3 Å². The van der Waals surface area contributed by atoms with Gasteiger partial charge in [0.15, 0.2) is 11.6 Å². The van der Waals surface area contributed by atoms with Crippen LogP contribution in [-0.2, 0) is 0 Å². The van der Waals surface area contributed by atoms with Crippen molar-refractivity contribution in [2.24, 2.45) is 0 Å². The van der Waals surface area contributed by atoms with Gasteiger partial charge in [-0.1, -0.05) is 0 Å². The second-order valence-electron chi connectivity index (χ2n) is 6.31. The molecule has 154 valence electrons. The number of nitrogens with zero attached hydrogens (tertiary/aromatic N) is 3. The van der Waals surface area contributed by atoms with Gasteiger partial charge in [-0.2, -0.15) is 5.26 Å². The van der Waals surface area contributed by atoms with E-state index < -0.39 is 0 Å². The highest BCUT2D eigenvalue weighted by Crippen LogP contribution is 2.30. The Labute approximate surface area is 179 Å². The smallest absolute Gasteiger partial charge is 0.268 e. The predicted octanol–water partition coefficient (Wildman–Crippen LogP) is 4.85. The van der Waals surface area contributed by atoms with Gasteiger partial charge in [0.1, 0.15) is 15.6 Å². The summed E-state index contributed by atoms with van der Waals surface area (Å²) in [5.41, 5.74) is 1.57. The molecule has 0 saturated carbocycles. The third-order valence-electron chi connectivity index (χ3n) is 4.11. The van der Waals surface area contributed by atoms with Crippen molar-refractivity contribution >= 4 is 23.1 Å². The number of anilines is 1. The minimum Gasteiger partial charge on any atom is -0.494 e. The third-order valence-corrected chi connectivity index (χ3v) is 5.31. The fourth-order valence-electron chi connectivity index (χ4n) is 2.69. The zero-order valence-corrected chi connectivity index (χ0v) is 17.7. The number of aryl methyl sites for hydroxylation is 1. The highest BCUT2D eigenvalue weighted by atomic mass is 32.1. The number of nitriles is 1. The zero-order chi connectivity index (χ0) is 21.3. The van der Waals surface area contributed by atoms with E-state index in [0.29, 0.717) is 48.2 Å². The van der Waals surface area contributed by atoms with Gasteiger partial charge in [0.25, 0.3) is 5.91 Å². The summed E-state index contributed by atoms with van der Waals surface area (Å²) in [5.74, 6) is 1.32. The Kier molecular flexibility index (Phi) is 7.35. The molecular weight excluding hydrogens is 400 g/mol. The molecule has 0 atom stereocenters. The first-order valence-electron chi connectivity index (χ1n) is 9.59. The molecule has 2 heterocycles. The van der Waals surface area contributed by atoms with Crippen molar-refractivity contribution < 1.29 is 14.3 Å². The minimum atomic E-state index is -0.289. The number of carbonyl (C=O) groups is 1. The van der Waals surface area contributed by atoms with E-state index >= 15 is 0 Å². The number of unbranched alkanes of at least 4 members (excludes halogenated alkanes) is 1. The molecule has 8 heteroatoms. The van der Waals surface area contributed by atoms with Gasteiger partial charge in [-0.3, -0.25) is 4.79 Å². The lowest BCUT2D eigenvalue weighted by molar-refractivity contribution is 0.102. The number of benzene rings is 1. The molecule has 1 amide bonds. The number of hydrogen-bond acceptors (Lipinski definition) is 7. The maximum Gasteiger partial charge on any atom is 0.268 e. The van der Waals surface area contributed by atoms with Crippen LogP contribution >= 0.6 is 11.3 Å². The Bertz CT molecular complexity index is 1040. The average Bonchev–Trinajstić information content (AvgIpc) is 3.15. The van der Waals surface area contributed by atoms with Gasteiger partial charge < -0.3 is 14.8 Å². The zero-order valence-electron chi connectivity index (χ0n) is 16.8. The van der Waals surface area contributed by atoms with Crippen LogP contribution in [0.25, 0.3) is 10.6 Å². The van der Waals surface area contributed by atoms with Crippen molar-refractivity contribution in [1.29, 1.82) is 5.26 Å². The fraction of sp³-hybridized carbons (Fsp3) is 0.273. The van der Waals surface area contributed by atoms with Crippen LogP contribution < -0.4 is 14.8 Å². The fourth-order valence-corrected chi connectivity index (χ4v) is 3.66. The quantitative estimate of drug-likeness (QED) is 0.495. The van der Waals surface area contributed by atoms with Crippen molar-refractivity contribution in [2.75, 3.05) is 18.5 Å². The molecule has 3 rings (SSSR count). The van der Waals surface area contributed by atoms with Gasteiger partial charge in [-0.25, -0.2) is 9.97 Å². The lowest BCUT2D eigenvalue weighted by Gasteiger charge is -2.10. The highest BCUT2D eigenvalue weighted by Gasteiger charge is 2.18. The lowest BCUT2D eigenvalue weighted by Crippen LogP contribution is -2.14. The standard InChI is InChI=1S/C22H22N4O3S/c1-3-28-17-10-8-16(9-11-17)22-25-15(2)19(30-22)21(27)26-20-18(7-6-13-24-20)29-14-5-4-12-23/h6-11,13H,3-5,14H2,1-2H3,(H,24,26,27). The van der Waals surface area contributed by atoms with Crippen LogP contribution in [0.3, 0.4) is 0 Å². The van der Waals surface area contributed by atoms with Crippen LogP contribution in [0.5, 0.6) is 11.5 Å². The molecule has 7 nitrogen and oxygen atoms in total. The number of carbonyl (C=O) groups excluding carboxylic acids is 1. The van der Waals surface area contributed by atoms with Gasteiger partial charge in [0, 0.05) is 18.2 Å². The van der Waals surface area contributed by atoms with Gasteiger partial charge in [0.05, 0.1) is 25.0 Å². The molecule has 2 aromatic heterocycles. The first-order chi connectivity index (χ1) is 14.6. The molecule has 0 aliphatic rings.